The lowest BCUT2D eigenvalue weighted by Gasteiger charge is -2.44. The van der Waals surface area contributed by atoms with Crippen LogP contribution in [0.2, 0.25) is 0 Å². The molecule has 194 valence electrons. The maximum Gasteiger partial charge on any atom is 0.258 e. The molecule has 2 aromatic rings. The Hall–Kier alpha value is -3.48. The minimum atomic E-state index is -0.808. The molecule has 2 amide bonds. The van der Waals surface area contributed by atoms with Crippen LogP contribution in [0.5, 0.6) is 17.2 Å². The number of benzene rings is 2. The number of allylic oxidation sites excluding steroid dienone is 1. The van der Waals surface area contributed by atoms with Crippen molar-refractivity contribution >= 4 is 17.9 Å². The third kappa shape index (κ3) is 4.24. The van der Waals surface area contributed by atoms with Crippen molar-refractivity contribution in [2.75, 3.05) is 27.3 Å². The SMILES string of the molecule is COc1ccc2c(c1)C(=O)NC1(CCN(C(=O)c3cc(OC)c4c(c3)C(C)C(C3CC3)CC=C4)CC1)O2. The fourth-order valence-corrected chi connectivity index (χ4v) is 6.29. The summed E-state index contributed by atoms with van der Waals surface area (Å²) in [6, 6.07) is 9.22. The zero-order chi connectivity index (χ0) is 25.7. The number of piperidine rings is 1. The average Bonchev–Trinajstić information content (AvgIpc) is 3.76. The van der Waals surface area contributed by atoms with Gasteiger partial charge < -0.3 is 24.4 Å². The van der Waals surface area contributed by atoms with Crippen molar-refractivity contribution in [1.29, 1.82) is 0 Å². The monoisotopic (exact) mass is 502 g/mol. The molecule has 0 bridgehead atoms. The number of fused-ring (bicyclic) bond motifs is 2. The summed E-state index contributed by atoms with van der Waals surface area (Å²) in [5.41, 5.74) is 2.62. The molecule has 4 aliphatic rings. The summed E-state index contributed by atoms with van der Waals surface area (Å²) < 4.78 is 17.3. The molecule has 2 heterocycles. The van der Waals surface area contributed by atoms with E-state index in [1.165, 1.54) is 18.4 Å². The van der Waals surface area contributed by atoms with Gasteiger partial charge in [-0.05, 0) is 72.9 Å². The normalized spacial score (nSPS) is 23.9. The predicted molar refractivity (Wildman–Crippen MR) is 140 cm³/mol. The van der Waals surface area contributed by atoms with Crippen molar-refractivity contribution in [3.05, 3.63) is 58.7 Å². The van der Waals surface area contributed by atoms with Crippen LogP contribution in [0.3, 0.4) is 0 Å². The second kappa shape index (κ2) is 9.12. The van der Waals surface area contributed by atoms with Gasteiger partial charge in [-0.2, -0.15) is 0 Å². The van der Waals surface area contributed by atoms with Crippen LogP contribution in [-0.2, 0) is 0 Å². The van der Waals surface area contributed by atoms with Gasteiger partial charge in [0.15, 0.2) is 5.72 Å². The molecule has 0 radical (unpaired) electrons. The van der Waals surface area contributed by atoms with Crippen molar-refractivity contribution in [3.63, 3.8) is 0 Å². The number of likely N-dealkylation sites (tertiary alicyclic amines) is 1. The van der Waals surface area contributed by atoms with E-state index in [1.807, 2.05) is 11.0 Å². The first-order chi connectivity index (χ1) is 17.9. The van der Waals surface area contributed by atoms with Crippen molar-refractivity contribution in [2.24, 2.45) is 11.8 Å². The highest BCUT2D eigenvalue weighted by atomic mass is 16.5. The van der Waals surface area contributed by atoms with E-state index in [4.69, 9.17) is 14.2 Å². The Balaban J connectivity index is 1.21. The summed E-state index contributed by atoms with van der Waals surface area (Å²) in [6.45, 7) is 3.28. The zero-order valence-corrected chi connectivity index (χ0v) is 21.7. The molecular formula is C30H34N2O5. The first-order valence-corrected chi connectivity index (χ1v) is 13.3. The molecule has 2 aromatic carbocycles. The van der Waals surface area contributed by atoms with Crippen molar-refractivity contribution in [1.82, 2.24) is 10.2 Å². The molecule has 7 nitrogen and oxygen atoms in total. The van der Waals surface area contributed by atoms with Crippen LogP contribution in [0, 0.1) is 11.8 Å². The van der Waals surface area contributed by atoms with E-state index in [1.54, 1.807) is 32.4 Å². The molecular weight excluding hydrogens is 468 g/mol. The summed E-state index contributed by atoms with van der Waals surface area (Å²) in [5, 5.41) is 3.05. The van der Waals surface area contributed by atoms with E-state index in [-0.39, 0.29) is 11.8 Å². The molecule has 1 saturated heterocycles. The van der Waals surface area contributed by atoms with Crippen LogP contribution >= 0.6 is 0 Å². The Morgan fingerprint density at radius 1 is 1.11 bits per heavy atom. The third-order valence-corrected chi connectivity index (χ3v) is 8.63. The lowest BCUT2D eigenvalue weighted by atomic mass is 9.81. The molecule has 1 N–H and O–H groups in total. The zero-order valence-electron chi connectivity index (χ0n) is 21.7. The van der Waals surface area contributed by atoms with Gasteiger partial charge in [-0.3, -0.25) is 9.59 Å². The number of amides is 2. The quantitative estimate of drug-likeness (QED) is 0.636. The number of rotatable bonds is 4. The summed E-state index contributed by atoms with van der Waals surface area (Å²) in [6.07, 6.45) is 9.15. The second-order valence-corrected chi connectivity index (χ2v) is 10.8. The molecule has 0 aromatic heterocycles. The number of hydrogen-bond donors (Lipinski definition) is 1. The van der Waals surface area contributed by atoms with Crippen molar-refractivity contribution in [2.45, 2.75) is 50.7 Å². The van der Waals surface area contributed by atoms with Crippen molar-refractivity contribution < 1.29 is 23.8 Å². The van der Waals surface area contributed by atoms with Gasteiger partial charge in [0.05, 0.1) is 19.8 Å². The summed E-state index contributed by atoms with van der Waals surface area (Å²) in [5.74, 6) is 3.49. The molecule has 1 saturated carbocycles. The number of carbonyl (C=O) groups is 2. The number of methoxy groups -OCH3 is 2. The maximum absolute atomic E-state index is 13.7. The Morgan fingerprint density at radius 3 is 2.59 bits per heavy atom. The van der Waals surface area contributed by atoms with Crippen molar-refractivity contribution in [3.8, 4) is 17.2 Å². The summed E-state index contributed by atoms with van der Waals surface area (Å²) in [7, 11) is 3.24. The number of nitrogens with one attached hydrogen (secondary N) is 1. The van der Waals surface area contributed by atoms with Crippen LogP contribution in [0.25, 0.3) is 6.08 Å². The smallest absolute Gasteiger partial charge is 0.258 e. The number of hydrogen-bond acceptors (Lipinski definition) is 5. The highest BCUT2D eigenvalue weighted by molar-refractivity contribution is 5.99. The highest BCUT2D eigenvalue weighted by Gasteiger charge is 2.44. The lowest BCUT2D eigenvalue weighted by Crippen LogP contribution is -2.61. The number of ether oxygens (including phenoxy) is 3. The van der Waals surface area contributed by atoms with Gasteiger partial charge in [-0.1, -0.05) is 19.1 Å². The first-order valence-electron chi connectivity index (χ1n) is 13.3. The number of nitrogens with zero attached hydrogens (tertiary/aromatic N) is 1. The largest absolute Gasteiger partial charge is 0.497 e. The van der Waals surface area contributed by atoms with Crippen LogP contribution in [0.4, 0.5) is 0 Å². The second-order valence-electron chi connectivity index (χ2n) is 10.8. The van der Waals surface area contributed by atoms with Crippen LogP contribution in [0.15, 0.2) is 36.4 Å². The standard InChI is InChI=1S/C30H34N2O5/c1-18-22(19-7-8-19)5-4-6-23-24(18)15-20(16-27(23)36-3)29(34)32-13-11-30(12-14-32)31-28(33)25-17-21(35-2)9-10-26(25)37-30/h4,6,9-10,15-19,22H,5,7-8,11-14H2,1-3H3,(H,31,33). The Kier molecular flexibility index (Phi) is 5.89. The molecule has 7 heteroatoms. The molecule has 6 rings (SSSR count). The fourth-order valence-electron chi connectivity index (χ4n) is 6.29. The summed E-state index contributed by atoms with van der Waals surface area (Å²) in [4.78, 5) is 28.4. The van der Waals surface area contributed by atoms with Gasteiger partial charge in [-0.15, -0.1) is 0 Å². The van der Waals surface area contributed by atoms with E-state index in [2.05, 4.69) is 30.5 Å². The van der Waals surface area contributed by atoms with E-state index in [9.17, 15) is 9.59 Å². The van der Waals surface area contributed by atoms with Gasteiger partial charge in [0.2, 0.25) is 0 Å². The minimum Gasteiger partial charge on any atom is -0.497 e. The Morgan fingerprint density at radius 2 is 1.89 bits per heavy atom. The highest BCUT2D eigenvalue weighted by Crippen LogP contribution is 2.49. The van der Waals surface area contributed by atoms with Crippen LogP contribution < -0.4 is 19.5 Å². The topological polar surface area (TPSA) is 77.1 Å². The molecule has 37 heavy (non-hydrogen) atoms. The van der Waals surface area contributed by atoms with Gasteiger partial charge >= 0.3 is 0 Å². The van der Waals surface area contributed by atoms with E-state index in [0.717, 1.165) is 23.7 Å². The van der Waals surface area contributed by atoms with Gasteiger partial charge in [0.1, 0.15) is 17.2 Å². The average molecular weight is 503 g/mol. The predicted octanol–water partition coefficient (Wildman–Crippen LogP) is 5.01. The molecule has 1 spiro atoms. The van der Waals surface area contributed by atoms with E-state index in [0.29, 0.717) is 60.4 Å². The number of carbonyl (C=O) groups excluding carboxylic acids is 2. The Bertz CT molecular complexity index is 1270. The van der Waals surface area contributed by atoms with E-state index >= 15 is 0 Å². The maximum atomic E-state index is 13.7. The van der Waals surface area contributed by atoms with E-state index < -0.39 is 5.72 Å². The minimum absolute atomic E-state index is 0.00776. The van der Waals surface area contributed by atoms with Gasteiger partial charge in [-0.25, -0.2) is 0 Å². The molecule has 2 aliphatic heterocycles. The van der Waals surface area contributed by atoms with Gasteiger partial charge in [0.25, 0.3) is 11.8 Å². The van der Waals surface area contributed by atoms with Crippen LogP contribution in [0.1, 0.15) is 76.8 Å². The van der Waals surface area contributed by atoms with Gasteiger partial charge in [0, 0.05) is 37.1 Å². The molecule has 2 unspecified atom stereocenters. The third-order valence-electron chi connectivity index (χ3n) is 8.63. The van der Waals surface area contributed by atoms with Crippen LogP contribution in [-0.4, -0.2) is 49.7 Å². The molecule has 2 fully saturated rings. The fraction of sp³-hybridized carbons (Fsp3) is 0.467. The lowest BCUT2D eigenvalue weighted by molar-refractivity contribution is -0.0246. The molecule has 2 aliphatic carbocycles. The first kappa shape index (κ1) is 23.9. The Labute approximate surface area is 217 Å². The summed E-state index contributed by atoms with van der Waals surface area (Å²) >= 11 is 0. The molecule has 2 atom stereocenters.